The fourth-order valence-electron chi connectivity index (χ4n) is 2.37. The van der Waals surface area contributed by atoms with Gasteiger partial charge in [0.05, 0.1) is 18.1 Å². The van der Waals surface area contributed by atoms with E-state index in [1.54, 1.807) is 10.9 Å². The summed E-state index contributed by atoms with van der Waals surface area (Å²) in [4.78, 5) is 14.7. The molecule has 124 valence electrons. The molecule has 1 saturated heterocycles. The minimum absolute atomic E-state index is 0.226. The van der Waals surface area contributed by atoms with Gasteiger partial charge in [0.25, 0.3) is 0 Å². The van der Waals surface area contributed by atoms with E-state index in [2.05, 4.69) is 20.1 Å². The van der Waals surface area contributed by atoms with Crippen molar-refractivity contribution in [3.8, 4) is 0 Å². The number of ether oxygens (including phenoxy) is 1. The van der Waals surface area contributed by atoms with Crippen LogP contribution in [0.5, 0.6) is 0 Å². The standard InChI is InChI=1S/C14H20N6O3/c1-8(19(2)3)17-13-9-5-20(18-14(9)16-7-15-13)12-4-10(22)11(6-21)23-12/h5,7,10-12,21-22H,4,6H2,1-3H3/t10-,11+,12+/m0/s1. The van der Waals surface area contributed by atoms with Gasteiger partial charge >= 0.3 is 0 Å². The van der Waals surface area contributed by atoms with Crippen molar-refractivity contribution >= 4 is 22.7 Å². The topological polar surface area (TPSA) is 109 Å². The summed E-state index contributed by atoms with van der Waals surface area (Å²) in [6.45, 7) is 1.66. The number of nitrogens with zero attached hydrogens (tertiary/aromatic N) is 6. The molecule has 0 spiro atoms. The van der Waals surface area contributed by atoms with Crippen LogP contribution in [0.25, 0.3) is 11.0 Å². The molecule has 1 aliphatic rings. The fourth-order valence-corrected chi connectivity index (χ4v) is 2.37. The van der Waals surface area contributed by atoms with Gasteiger partial charge in [0.2, 0.25) is 0 Å². The lowest BCUT2D eigenvalue weighted by atomic mass is 10.2. The maximum atomic E-state index is 9.85. The highest BCUT2D eigenvalue weighted by molar-refractivity contribution is 5.89. The van der Waals surface area contributed by atoms with E-state index in [1.807, 2.05) is 25.9 Å². The second-order valence-electron chi connectivity index (χ2n) is 5.71. The number of rotatable bonds is 3. The number of hydrogen-bond acceptors (Lipinski definition) is 7. The predicted molar refractivity (Wildman–Crippen MR) is 83.4 cm³/mol. The smallest absolute Gasteiger partial charge is 0.186 e. The molecule has 23 heavy (non-hydrogen) atoms. The van der Waals surface area contributed by atoms with Crippen molar-refractivity contribution in [1.29, 1.82) is 0 Å². The molecule has 9 nitrogen and oxygen atoms in total. The minimum Gasteiger partial charge on any atom is -0.394 e. The fraction of sp³-hybridized carbons (Fsp3) is 0.571. The predicted octanol–water partition coefficient (Wildman–Crippen LogP) is 0.0785. The number of aromatic nitrogens is 4. The highest BCUT2D eigenvalue weighted by atomic mass is 16.5. The number of aliphatic hydroxyl groups is 2. The monoisotopic (exact) mass is 320 g/mol. The molecule has 1 fully saturated rings. The van der Waals surface area contributed by atoms with E-state index in [-0.39, 0.29) is 6.61 Å². The summed E-state index contributed by atoms with van der Waals surface area (Å²) in [7, 11) is 3.81. The molecular weight excluding hydrogens is 300 g/mol. The number of aliphatic imine (C=N–C) groups is 1. The Hall–Kier alpha value is -2.10. The van der Waals surface area contributed by atoms with Crippen LogP contribution in [0.1, 0.15) is 19.6 Å². The number of hydrogen-bond donors (Lipinski definition) is 2. The van der Waals surface area contributed by atoms with Gasteiger partial charge in [-0.15, -0.1) is 5.10 Å². The van der Waals surface area contributed by atoms with E-state index in [1.165, 1.54) is 6.33 Å². The van der Waals surface area contributed by atoms with Crippen molar-refractivity contribution in [3.63, 3.8) is 0 Å². The van der Waals surface area contributed by atoms with E-state index in [0.717, 1.165) is 5.84 Å². The Labute approximate surface area is 133 Å². The molecule has 0 aromatic carbocycles. The third-order valence-electron chi connectivity index (χ3n) is 3.91. The van der Waals surface area contributed by atoms with Crippen LogP contribution in [-0.2, 0) is 4.74 Å². The molecule has 1 aliphatic heterocycles. The summed E-state index contributed by atoms with van der Waals surface area (Å²) in [5.74, 6) is 1.34. The Morgan fingerprint density at radius 3 is 2.91 bits per heavy atom. The average molecular weight is 320 g/mol. The molecule has 0 aliphatic carbocycles. The van der Waals surface area contributed by atoms with E-state index in [0.29, 0.717) is 23.3 Å². The molecule has 2 aromatic heterocycles. The number of amidine groups is 1. The number of aliphatic hydroxyl groups excluding tert-OH is 2. The van der Waals surface area contributed by atoms with Gasteiger partial charge in [-0.3, -0.25) is 0 Å². The van der Waals surface area contributed by atoms with E-state index >= 15 is 0 Å². The van der Waals surface area contributed by atoms with Gasteiger partial charge in [0.15, 0.2) is 17.7 Å². The summed E-state index contributed by atoms with van der Waals surface area (Å²) >= 11 is 0. The van der Waals surface area contributed by atoms with Crippen molar-refractivity contribution in [2.45, 2.75) is 31.8 Å². The third-order valence-corrected chi connectivity index (χ3v) is 3.91. The largest absolute Gasteiger partial charge is 0.394 e. The van der Waals surface area contributed by atoms with Crippen LogP contribution >= 0.6 is 0 Å². The van der Waals surface area contributed by atoms with Gasteiger partial charge in [-0.1, -0.05) is 0 Å². The quantitative estimate of drug-likeness (QED) is 0.609. The summed E-state index contributed by atoms with van der Waals surface area (Å²) in [6.07, 6.45) is 1.80. The highest BCUT2D eigenvalue weighted by Gasteiger charge is 2.35. The highest BCUT2D eigenvalue weighted by Crippen LogP contribution is 2.30. The van der Waals surface area contributed by atoms with Crippen LogP contribution in [0.3, 0.4) is 0 Å². The van der Waals surface area contributed by atoms with Crippen LogP contribution in [0, 0.1) is 0 Å². The molecule has 0 amide bonds. The molecule has 2 aromatic rings. The van der Waals surface area contributed by atoms with Crippen molar-refractivity contribution in [2.24, 2.45) is 4.99 Å². The van der Waals surface area contributed by atoms with Crippen molar-refractivity contribution in [1.82, 2.24) is 24.6 Å². The molecule has 3 atom stereocenters. The van der Waals surface area contributed by atoms with Crippen molar-refractivity contribution in [3.05, 3.63) is 12.5 Å². The zero-order valence-corrected chi connectivity index (χ0v) is 13.3. The zero-order valence-electron chi connectivity index (χ0n) is 13.3. The Morgan fingerprint density at radius 2 is 2.26 bits per heavy atom. The number of fused-ring (bicyclic) bond motifs is 1. The second-order valence-corrected chi connectivity index (χ2v) is 5.71. The van der Waals surface area contributed by atoms with E-state index in [4.69, 9.17) is 4.74 Å². The van der Waals surface area contributed by atoms with Crippen LogP contribution in [0.15, 0.2) is 17.5 Å². The van der Waals surface area contributed by atoms with Crippen LogP contribution in [0.2, 0.25) is 0 Å². The zero-order chi connectivity index (χ0) is 16.6. The second kappa shape index (κ2) is 6.19. The van der Waals surface area contributed by atoms with Gasteiger partial charge < -0.3 is 19.8 Å². The van der Waals surface area contributed by atoms with Crippen LogP contribution < -0.4 is 0 Å². The lowest BCUT2D eigenvalue weighted by Crippen LogP contribution is -2.24. The Balaban J connectivity index is 1.95. The first-order valence-electron chi connectivity index (χ1n) is 7.36. The van der Waals surface area contributed by atoms with Crippen LogP contribution in [0.4, 0.5) is 5.82 Å². The Morgan fingerprint density at radius 1 is 1.48 bits per heavy atom. The lowest BCUT2D eigenvalue weighted by molar-refractivity contribution is -0.0482. The lowest BCUT2D eigenvalue weighted by Gasteiger charge is -2.11. The Bertz CT molecular complexity index is 728. The molecule has 0 bridgehead atoms. The summed E-state index contributed by atoms with van der Waals surface area (Å²) in [6, 6.07) is 0. The summed E-state index contributed by atoms with van der Waals surface area (Å²) in [5.41, 5.74) is 0.510. The molecule has 9 heteroatoms. The molecule has 2 N–H and O–H groups in total. The van der Waals surface area contributed by atoms with Gasteiger partial charge in [0.1, 0.15) is 18.3 Å². The summed E-state index contributed by atoms with van der Waals surface area (Å²) in [5, 5.41) is 24.1. The normalized spacial score (nSPS) is 25.3. The maximum Gasteiger partial charge on any atom is 0.186 e. The molecule has 0 radical (unpaired) electrons. The minimum atomic E-state index is -0.711. The Kier molecular flexibility index (Phi) is 4.24. The molecule has 3 heterocycles. The SMILES string of the molecule is CC(=Nc1ncnc2nn([C@H]3C[C@H](O)[C@@H](CO)O3)cc12)N(C)C. The first-order valence-corrected chi connectivity index (χ1v) is 7.36. The van der Waals surface area contributed by atoms with Crippen LogP contribution in [-0.4, -0.2) is 73.6 Å². The van der Waals surface area contributed by atoms with E-state index < -0.39 is 18.4 Å². The van der Waals surface area contributed by atoms with Gasteiger partial charge in [-0.2, -0.15) is 0 Å². The van der Waals surface area contributed by atoms with Gasteiger partial charge in [-0.25, -0.2) is 19.6 Å². The molecule has 0 saturated carbocycles. The molecule has 3 rings (SSSR count). The summed E-state index contributed by atoms with van der Waals surface area (Å²) < 4.78 is 7.21. The third kappa shape index (κ3) is 3.03. The average Bonchev–Trinajstić information content (AvgIpc) is 3.10. The van der Waals surface area contributed by atoms with Crippen molar-refractivity contribution in [2.75, 3.05) is 20.7 Å². The first-order chi connectivity index (χ1) is 11.0. The molecular formula is C14H20N6O3. The van der Waals surface area contributed by atoms with Gasteiger partial charge in [-0.05, 0) is 6.92 Å². The van der Waals surface area contributed by atoms with E-state index in [9.17, 15) is 10.2 Å². The van der Waals surface area contributed by atoms with Gasteiger partial charge in [0, 0.05) is 26.7 Å². The first kappa shape index (κ1) is 15.8. The maximum absolute atomic E-state index is 9.85. The molecule has 0 unspecified atom stereocenters. The van der Waals surface area contributed by atoms with Crippen molar-refractivity contribution < 1.29 is 14.9 Å².